The average Bonchev–Trinajstić information content (AvgIpc) is 2.25. The van der Waals surface area contributed by atoms with Crippen LogP contribution < -0.4 is 10.5 Å². The number of sulfonamides is 1. The van der Waals surface area contributed by atoms with Crippen molar-refractivity contribution in [3.8, 4) is 0 Å². The van der Waals surface area contributed by atoms with E-state index in [4.69, 9.17) is 5.73 Å². The summed E-state index contributed by atoms with van der Waals surface area (Å²) >= 11 is 0. The Morgan fingerprint density at radius 3 is 2.15 bits per heavy atom. The predicted molar refractivity (Wildman–Crippen MR) is 72.8 cm³/mol. The SMILES string of the molecule is Cc1cc(N)cc(S(=O)(=O)Nc2cc(F)cc(F)c2)c1. The van der Waals surface area contributed by atoms with Crippen LogP contribution in [0.25, 0.3) is 0 Å². The highest BCUT2D eigenvalue weighted by Gasteiger charge is 2.16. The smallest absolute Gasteiger partial charge is 0.261 e. The van der Waals surface area contributed by atoms with Gasteiger partial charge in [0.1, 0.15) is 11.6 Å². The van der Waals surface area contributed by atoms with Crippen molar-refractivity contribution in [2.75, 3.05) is 10.5 Å². The van der Waals surface area contributed by atoms with Crippen molar-refractivity contribution in [1.29, 1.82) is 0 Å². The summed E-state index contributed by atoms with van der Waals surface area (Å²) < 4.78 is 52.4. The van der Waals surface area contributed by atoms with Crippen LogP contribution in [0.2, 0.25) is 0 Å². The zero-order valence-electron chi connectivity index (χ0n) is 10.5. The van der Waals surface area contributed by atoms with Crippen molar-refractivity contribution in [3.05, 3.63) is 53.6 Å². The molecule has 0 bridgehead atoms. The van der Waals surface area contributed by atoms with E-state index in [9.17, 15) is 17.2 Å². The fourth-order valence-electron chi connectivity index (χ4n) is 1.76. The van der Waals surface area contributed by atoms with Crippen LogP contribution >= 0.6 is 0 Å². The van der Waals surface area contributed by atoms with Gasteiger partial charge >= 0.3 is 0 Å². The standard InChI is InChI=1S/C13H12F2N2O2S/c1-8-2-11(16)7-13(3-8)20(18,19)17-12-5-9(14)4-10(15)6-12/h2-7,17H,16H2,1H3. The highest BCUT2D eigenvalue weighted by molar-refractivity contribution is 7.92. The van der Waals surface area contributed by atoms with Gasteiger partial charge in [0.05, 0.1) is 10.6 Å². The van der Waals surface area contributed by atoms with Gasteiger partial charge in [-0.05, 0) is 42.8 Å². The molecule has 0 aliphatic carbocycles. The number of hydrogen-bond acceptors (Lipinski definition) is 3. The quantitative estimate of drug-likeness (QED) is 0.856. The first-order chi connectivity index (χ1) is 9.26. The number of aryl methyl sites for hydroxylation is 1. The summed E-state index contributed by atoms with van der Waals surface area (Å²) in [5.74, 6) is -1.74. The molecule has 4 nitrogen and oxygen atoms in total. The number of benzene rings is 2. The Labute approximate surface area is 115 Å². The van der Waals surface area contributed by atoms with Crippen LogP contribution in [0.3, 0.4) is 0 Å². The molecule has 2 aromatic carbocycles. The van der Waals surface area contributed by atoms with Gasteiger partial charge in [0.2, 0.25) is 0 Å². The lowest BCUT2D eigenvalue weighted by Crippen LogP contribution is -2.13. The number of halogens is 2. The molecule has 0 amide bonds. The molecule has 0 aliphatic rings. The van der Waals surface area contributed by atoms with Gasteiger partial charge < -0.3 is 5.73 Å². The largest absolute Gasteiger partial charge is 0.399 e. The second-order valence-electron chi connectivity index (χ2n) is 4.34. The monoisotopic (exact) mass is 298 g/mol. The van der Waals surface area contributed by atoms with Gasteiger partial charge in [-0.2, -0.15) is 0 Å². The summed E-state index contributed by atoms with van der Waals surface area (Å²) in [4.78, 5) is -0.0698. The Hall–Kier alpha value is -2.15. The molecule has 0 fully saturated rings. The van der Waals surface area contributed by atoms with E-state index >= 15 is 0 Å². The number of nitrogen functional groups attached to an aromatic ring is 1. The van der Waals surface area contributed by atoms with E-state index in [0.717, 1.165) is 12.1 Å². The Balaban J connectivity index is 2.40. The Bertz CT molecular complexity index is 720. The Kier molecular flexibility index (Phi) is 3.63. The van der Waals surface area contributed by atoms with Gasteiger partial charge in [-0.15, -0.1) is 0 Å². The minimum atomic E-state index is -3.96. The van der Waals surface area contributed by atoms with Crippen LogP contribution in [-0.4, -0.2) is 8.42 Å². The molecule has 106 valence electrons. The summed E-state index contributed by atoms with van der Waals surface area (Å²) in [7, 11) is -3.96. The average molecular weight is 298 g/mol. The second-order valence-corrected chi connectivity index (χ2v) is 6.03. The molecule has 3 N–H and O–H groups in total. The number of nitrogens with one attached hydrogen (secondary N) is 1. The van der Waals surface area contributed by atoms with Crippen molar-refractivity contribution in [3.63, 3.8) is 0 Å². The van der Waals surface area contributed by atoms with E-state index in [0.29, 0.717) is 11.6 Å². The van der Waals surface area contributed by atoms with Gasteiger partial charge in [-0.3, -0.25) is 4.72 Å². The molecule has 0 atom stereocenters. The van der Waals surface area contributed by atoms with E-state index in [1.807, 2.05) is 0 Å². The molecule has 2 aromatic rings. The van der Waals surface area contributed by atoms with Gasteiger partial charge in [-0.25, -0.2) is 17.2 Å². The summed E-state index contributed by atoms with van der Waals surface area (Å²) in [6.45, 7) is 1.69. The van der Waals surface area contributed by atoms with Crippen molar-refractivity contribution < 1.29 is 17.2 Å². The molecule has 0 aliphatic heterocycles. The van der Waals surface area contributed by atoms with Crippen LogP contribution in [0.1, 0.15) is 5.56 Å². The number of nitrogens with two attached hydrogens (primary N) is 1. The topological polar surface area (TPSA) is 72.2 Å². The highest BCUT2D eigenvalue weighted by Crippen LogP contribution is 2.21. The predicted octanol–water partition coefficient (Wildman–Crippen LogP) is 2.66. The van der Waals surface area contributed by atoms with Crippen LogP contribution in [0.15, 0.2) is 41.3 Å². The first-order valence-corrected chi connectivity index (χ1v) is 7.11. The van der Waals surface area contributed by atoms with E-state index in [2.05, 4.69) is 4.72 Å². The van der Waals surface area contributed by atoms with E-state index < -0.39 is 21.7 Å². The first kappa shape index (κ1) is 14.3. The van der Waals surface area contributed by atoms with Gasteiger partial charge in [0.15, 0.2) is 0 Å². The maximum Gasteiger partial charge on any atom is 0.261 e. The molecule has 0 heterocycles. The molecule has 0 aromatic heterocycles. The zero-order valence-corrected chi connectivity index (χ0v) is 11.3. The lowest BCUT2D eigenvalue weighted by Gasteiger charge is -2.10. The Morgan fingerprint density at radius 2 is 1.60 bits per heavy atom. The molecule has 20 heavy (non-hydrogen) atoms. The minimum absolute atomic E-state index is 0.0698. The number of rotatable bonds is 3. The fraction of sp³-hybridized carbons (Fsp3) is 0.0769. The van der Waals surface area contributed by atoms with Gasteiger partial charge in [-0.1, -0.05) is 0 Å². The van der Waals surface area contributed by atoms with E-state index in [1.54, 1.807) is 13.0 Å². The van der Waals surface area contributed by atoms with Gasteiger partial charge in [0.25, 0.3) is 10.0 Å². The molecule has 0 radical (unpaired) electrons. The summed E-state index contributed by atoms with van der Waals surface area (Å²) in [6.07, 6.45) is 0. The van der Waals surface area contributed by atoms with Crippen molar-refractivity contribution in [1.82, 2.24) is 0 Å². The van der Waals surface area contributed by atoms with Crippen LogP contribution in [0.4, 0.5) is 20.2 Å². The molecule has 0 unspecified atom stereocenters. The van der Waals surface area contributed by atoms with Crippen molar-refractivity contribution in [2.24, 2.45) is 0 Å². The third-order valence-corrected chi connectivity index (χ3v) is 3.86. The van der Waals surface area contributed by atoms with Crippen molar-refractivity contribution in [2.45, 2.75) is 11.8 Å². The summed E-state index contributed by atoms with van der Waals surface area (Å²) in [5, 5.41) is 0. The van der Waals surface area contributed by atoms with E-state index in [1.165, 1.54) is 12.1 Å². The normalized spacial score (nSPS) is 11.3. The molecule has 2 rings (SSSR count). The third-order valence-electron chi connectivity index (χ3n) is 2.50. The first-order valence-electron chi connectivity index (χ1n) is 5.62. The van der Waals surface area contributed by atoms with Gasteiger partial charge in [0, 0.05) is 11.8 Å². The fourth-order valence-corrected chi connectivity index (χ4v) is 2.94. The maximum atomic E-state index is 13.0. The highest BCUT2D eigenvalue weighted by atomic mass is 32.2. The Morgan fingerprint density at radius 1 is 1.00 bits per heavy atom. The molecule has 0 spiro atoms. The summed E-state index contributed by atoms with van der Waals surface area (Å²) in [5.41, 5.74) is 6.34. The maximum absolute atomic E-state index is 13.0. The second kappa shape index (κ2) is 5.09. The minimum Gasteiger partial charge on any atom is -0.399 e. The third kappa shape index (κ3) is 3.24. The lowest BCUT2D eigenvalue weighted by atomic mass is 10.2. The molecule has 0 saturated heterocycles. The van der Waals surface area contributed by atoms with E-state index in [-0.39, 0.29) is 16.3 Å². The van der Waals surface area contributed by atoms with Crippen LogP contribution in [-0.2, 0) is 10.0 Å². The number of hydrogen-bond donors (Lipinski definition) is 2. The van der Waals surface area contributed by atoms with Crippen molar-refractivity contribution >= 4 is 21.4 Å². The lowest BCUT2D eigenvalue weighted by molar-refractivity contribution is 0.584. The number of anilines is 2. The summed E-state index contributed by atoms with van der Waals surface area (Å²) in [6, 6.07) is 6.72. The molecule has 7 heteroatoms. The molecule has 0 saturated carbocycles. The zero-order chi connectivity index (χ0) is 14.9. The molecular weight excluding hydrogens is 286 g/mol. The van der Waals surface area contributed by atoms with Crippen LogP contribution in [0, 0.1) is 18.6 Å². The van der Waals surface area contributed by atoms with Crippen LogP contribution in [0.5, 0.6) is 0 Å². The molecular formula is C13H12F2N2O2S.